The number of carbonyl (C=O) groups excluding carboxylic acids is 1. The molecule has 3 heteroatoms. The number of hydrogen-bond donors (Lipinski definition) is 0. The summed E-state index contributed by atoms with van der Waals surface area (Å²) in [5.41, 5.74) is 3.45. The van der Waals surface area contributed by atoms with Crippen LogP contribution in [0.1, 0.15) is 30.5 Å². The van der Waals surface area contributed by atoms with Gasteiger partial charge in [-0.2, -0.15) is 0 Å². The van der Waals surface area contributed by atoms with E-state index in [1.165, 1.54) is 11.1 Å². The molecule has 2 aliphatic rings. The van der Waals surface area contributed by atoms with Gasteiger partial charge in [-0.15, -0.1) is 0 Å². The highest BCUT2D eigenvalue weighted by molar-refractivity contribution is 5.94. The molecule has 1 aromatic carbocycles. The number of nitrogens with zero attached hydrogens (tertiary/aromatic N) is 1. The van der Waals surface area contributed by atoms with Crippen LogP contribution in [0.4, 0.5) is 0 Å². The molecule has 1 unspecified atom stereocenters. The first-order chi connectivity index (χ1) is 8.77. The topological polar surface area (TPSA) is 29.5 Å². The van der Waals surface area contributed by atoms with Crippen LogP contribution in [-0.4, -0.2) is 24.0 Å². The van der Waals surface area contributed by atoms with E-state index >= 15 is 0 Å². The van der Waals surface area contributed by atoms with E-state index < -0.39 is 0 Å². The number of rotatable bonds is 1. The molecule has 0 saturated carbocycles. The lowest BCUT2D eigenvalue weighted by Crippen LogP contribution is -2.39. The Morgan fingerprint density at radius 1 is 1.33 bits per heavy atom. The molecule has 0 saturated heterocycles. The second kappa shape index (κ2) is 4.48. The van der Waals surface area contributed by atoms with E-state index in [-0.39, 0.29) is 11.9 Å². The fourth-order valence-electron chi connectivity index (χ4n) is 2.78. The molecule has 2 aliphatic heterocycles. The normalized spacial score (nSPS) is 22.2. The van der Waals surface area contributed by atoms with Gasteiger partial charge in [0.2, 0.25) is 0 Å². The van der Waals surface area contributed by atoms with E-state index in [0.717, 1.165) is 25.0 Å². The van der Waals surface area contributed by atoms with Gasteiger partial charge < -0.3 is 9.64 Å². The maximum atomic E-state index is 12.4. The van der Waals surface area contributed by atoms with Crippen molar-refractivity contribution in [1.29, 1.82) is 0 Å². The largest absolute Gasteiger partial charge is 0.500 e. The van der Waals surface area contributed by atoms with Gasteiger partial charge in [0.25, 0.3) is 5.91 Å². The summed E-state index contributed by atoms with van der Waals surface area (Å²) >= 11 is 0. The number of carbonyl (C=O) groups is 1. The van der Waals surface area contributed by atoms with Crippen molar-refractivity contribution < 1.29 is 9.53 Å². The summed E-state index contributed by atoms with van der Waals surface area (Å²) in [4.78, 5) is 14.4. The number of amides is 1. The van der Waals surface area contributed by atoms with Crippen molar-refractivity contribution in [3.63, 3.8) is 0 Å². The molecule has 0 fully saturated rings. The maximum absolute atomic E-state index is 12.4. The Labute approximate surface area is 107 Å². The van der Waals surface area contributed by atoms with Crippen LogP contribution in [0.3, 0.4) is 0 Å². The SMILES string of the molecule is CC1c2ccccc2CCN1C(=O)C1=COCC1. The third-order valence-corrected chi connectivity index (χ3v) is 3.85. The predicted molar refractivity (Wildman–Crippen MR) is 68.9 cm³/mol. The number of benzene rings is 1. The van der Waals surface area contributed by atoms with Crippen molar-refractivity contribution in [2.75, 3.05) is 13.2 Å². The van der Waals surface area contributed by atoms with E-state index in [1.54, 1.807) is 6.26 Å². The van der Waals surface area contributed by atoms with Gasteiger partial charge in [0.15, 0.2) is 0 Å². The summed E-state index contributed by atoms with van der Waals surface area (Å²) in [5.74, 6) is 0.134. The lowest BCUT2D eigenvalue weighted by atomic mass is 9.93. The lowest BCUT2D eigenvalue weighted by molar-refractivity contribution is -0.129. The Balaban J connectivity index is 1.86. The van der Waals surface area contributed by atoms with Crippen molar-refractivity contribution in [1.82, 2.24) is 4.90 Å². The van der Waals surface area contributed by atoms with Crippen LogP contribution in [0.5, 0.6) is 0 Å². The molecule has 0 aliphatic carbocycles. The van der Waals surface area contributed by atoms with E-state index in [9.17, 15) is 4.79 Å². The zero-order valence-corrected chi connectivity index (χ0v) is 10.6. The molecule has 3 nitrogen and oxygen atoms in total. The quantitative estimate of drug-likeness (QED) is 0.758. The zero-order chi connectivity index (χ0) is 12.5. The van der Waals surface area contributed by atoms with Gasteiger partial charge in [0, 0.05) is 13.0 Å². The molecule has 0 bridgehead atoms. The molecule has 2 heterocycles. The van der Waals surface area contributed by atoms with E-state index in [4.69, 9.17) is 4.74 Å². The van der Waals surface area contributed by atoms with Crippen LogP contribution >= 0.6 is 0 Å². The molecule has 1 atom stereocenters. The summed E-state index contributed by atoms with van der Waals surface area (Å²) in [7, 11) is 0. The van der Waals surface area contributed by atoms with Gasteiger partial charge in [-0.3, -0.25) is 4.79 Å². The first-order valence-electron chi connectivity index (χ1n) is 6.47. The summed E-state index contributed by atoms with van der Waals surface area (Å²) in [6.45, 7) is 3.54. The first kappa shape index (κ1) is 11.3. The van der Waals surface area contributed by atoms with Gasteiger partial charge in [-0.05, 0) is 24.5 Å². The van der Waals surface area contributed by atoms with Gasteiger partial charge >= 0.3 is 0 Å². The summed E-state index contributed by atoms with van der Waals surface area (Å²) in [5, 5.41) is 0. The van der Waals surface area contributed by atoms with Crippen molar-refractivity contribution in [2.24, 2.45) is 0 Å². The van der Waals surface area contributed by atoms with Crippen molar-refractivity contribution in [3.8, 4) is 0 Å². The maximum Gasteiger partial charge on any atom is 0.253 e. The van der Waals surface area contributed by atoms with Gasteiger partial charge in [-0.25, -0.2) is 0 Å². The molecule has 0 N–H and O–H groups in total. The number of fused-ring (bicyclic) bond motifs is 1. The second-order valence-electron chi connectivity index (χ2n) is 4.89. The number of hydrogen-bond acceptors (Lipinski definition) is 2. The molecule has 0 spiro atoms. The van der Waals surface area contributed by atoms with Crippen LogP contribution in [-0.2, 0) is 16.0 Å². The van der Waals surface area contributed by atoms with Crippen LogP contribution in [0.15, 0.2) is 36.1 Å². The average molecular weight is 243 g/mol. The summed E-state index contributed by atoms with van der Waals surface area (Å²) in [6, 6.07) is 8.55. The van der Waals surface area contributed by atoms with Crippen LogP contribution < -0.4 is 0 Å². The van der Waals surface area contributed by atoms with Crippen molar-refractivity contribution in [2.45, 2.75) is 25.8 Å². The monoisotopic (exact) mass is 243 g/mol. The van der Waals surface area contributed by atoms with Crippen molar-refractivity contribution in [3.05, 3.63) is 47.2 Å². The molecule has 3 rings (SSSR count). The van der Waals surface area contributed by atoms with Gasteiger partial charge in [-0.1, -0.05) is 24.3 Å². The smallest absolute Gasteiger partial charge is 0.253 e. The molecule has 1 amide bonds. The highest BCUT2D eigenvalue weighted by Gasteiger charge is 2.29. The third kappa shape index (κ3) is 1.80. The Bertz CT molecular complexity index is 507. The molecule has 1 aromatic rings. The summed E-state index contributed by atoms with van der Waals surface area (Å²) < 4.78 is 5.16. The van der Waals surface area contributed by atoms with Crippen LogP contribution in [0, 0.1) is 0 Å². The molecule has 94 valence electrons. The third-order valence-electron chi connectivity index (χ3n) is 3.85. The van der Waals surface area contributed by atoms with E-state index in [0.29, 0.717) is 6.61 Å². The second-order valence-corrected chi connectivity index (χ2v) is 4.89. The first-order valence-corrected chi connectivity index (χ1v) is 6.47. The Kier molecular flexibility index (Phi) is 2.82. The van der Waals surface area contributed by atoms with Crippen molar-refractivity contribution >= 4 is 5.91 Å². The minimum Gasteiger partial charge on any atom is -0.500 e. The van der Waals surface area contributed by atoms with Crippen LogP contribution in [0.25, 0.3) is 0 Å². The molecular formula is C15H17NO2. The Morgan fingerprint density at radius 3 is 2.94 bits per heavy atom. The highest BCUT2D eigenvalue weighted by Crippen LogP contribution is 2.31. The molecular weight excluding hydrogens is 226 g/mol. The number of ether oxygens (including phenoxy) is 1. The zero-order valence-electron chi connectivity index (χ0n) is 10.6. The summed E-state index contributed by atoms with van der Waals surface area (Å²) in [6.07, 6.45) is 3.31. The standard InChI is InChI=1S/C15H17NO2/c1-11-14-5-3-2-4-12(14)6-8-16(11)15(17)13-7-9-18-10-13/h2-5,10-11H,6-9H2,1H3. The van der Waals surface area contributed by atoms with Gasteiger partial charge in [0.05, 0.1) is 24.5 Å². The van der Waals surface area contributed by atoms with Gasteiger partial charge in [0.1, 0.15) is 0 Å². The molecule has 0 aromatic heterocycles. The minimum atomic E-state index is 0.134. The highest BCUT2D eigenvalue weighted by atomic mass is 16.5. The fraction of sp³-hybridized carbons (Fsp3) is 0.400. The lowest BCUT2D eigenvalue weighted by Gasteiger charge is -2.35. The fourth-order valence-corrected chi connectivity index (χ4v) is 2.78. The predicted octanol–water partition coefficient (Wildman–Crippen LogP) is 2.44. The average Bonchev–Trinajstić information content (AvgIpc) is 2.93. The van der Waals surface area contributed by atoms with E-state index in [1.807, 2.05) is 11.0 Å². The Hall–Kier alpha value is -1.77. The minimum absolute atomic E-state index is 0.134. The Morgan fingerprint density at radius 2 is 2.17 bits per heavy atom. The van der Waals surface area contributed by atoms with E-state index in [2.05, 4.69) is 25.1 Å². The molecule has 0 radical (unpaired) electrons. The molecule has 18 heavy (non-hydrogen) atoms. The van der Waals surface area contributed by atoms with Crippen LogP contribution in [0.2, 0.25) is 0 Å².